The number of amides is 1. The van der Waals surface area contributed by atoms with E-state index in [9.17, 15) is 22.0 Å². The minimum Gasteiger partial charge on any atom is -0.493 e. The molecular weight excluding hydrogens is 432 g/mol. The first-order valence-corrected chi connectivity index (χ1v) is 10.5. The minimum atomic E-state index is -3.90. The molecule has 0 aromatic heterocycles. The Morgan fingerprint density at radius 3 is 2.45 bits per heavy atom. The Morgan fingerprint density at radius 1 is 1.19 bits per heavy atom. The van der Waals surface area contributed by atoms with E-state index in [4.69, 9.17) is 10.00 Å². The fraction of sp³-hybridized carbons (Fsp3) is 0.300. The van der Waals surface area contributed by atoms with E-state index in [-0.39, 0.29) is 22.9 Å². The molecule has 0 aliphatic heterocycles. The molecule has 0 atom stereocenters. The standard InChI is InChI=1S/C20H21F2N3O5S/c1-25(31(27,28)16-6-3-15(12-23)4-7-16)13-19(26)24-10-9-14-5-8-17(29-2)18(11-14)30-20(21)22/h3-8,11,20H,9-10,13H2,1-2H3,(H,24,26). The van der Waals surface area contributed by atoms with Gasteiger partial charge in [-0.25, -0.2) is 8.42 Å². The van der Waals surface area contributed by atoms with Crippen LogP contribution in [0.15, 0.2) is 47.4 Å². The summed E-state index contributed by atoms with van der Waals surface area (Å²) in [5.41, 5.74) is 0.940. The molecule has 0 aliphatic rings. The van der Waals surface area contributed by atoms with E-state index in [0.717, 1.165) is 4.31 Å². The maximum Gasteiger partial charge on any atom is 0.387 e. The Labute approximate surface area is 179 Å². The third-order valence-electron chi connectivity index (χ3n) is 4.24. The van der Waals surface area contributed by atoms with Gasteiger partial charge in [0.25, 0.3) is 0 Å². The fourth-order valence-corrected chi connectivity index (χ4v) is 3.76. The van der Waals surface area contributed by atoms with Crippen LogP contribution in [0.5, 0.6) is 11.5 Å². The lowest BCUT2D eigenvalue weighted by Gasteiger charge is -2.17. The smallest absolute Gasteiger partial charge is 0.387 e. The molecule has 0 radical (unpaired) electrons. The summed E-state index contributed by atoms with van der Waals surface area (Å²) in [4.78, 5) is 12.1. The van der Waals surface area contributed by atoms with Crippen molar-refractivity contribution in [2.24, 2.45) is 0 Å². The highest BCUT2D eigenvalue weighted by molar-refractivity contribution is 7.89. The van der Waals surface area contributed by atoms with Crippen molar-refractivity contribution in [1.29, 1.82) is 5.26 Å². The summed E-state index contributed by atoms with van der Waals surface area (Å²) in [6.45, 7) is -3.26. The molecule has 2 aromatic carbocycles. The van der Waals surface area contributed by atoms with Crippen LogP contribution >= 0.6 is 0 Å². The number of halogens is 2. The monoisotopic (exact) mass is 453 g/mol. The van der Waals surface area contributed by atoms with Gasteiger partial charge in [-0.1, -0.05) is 6.07 Å². The van der Waals surface area contributed by atoms with Gasteiger partial charge in [0, 0.05) is 13.6 Å². The largest absolute Gasteiger partial charge is 0.493 e. The number of nitrogens with zero attached hydrogens (tertiary/aromatic N) is 2. The Bertz CT molecular complexity index is 1050. The number of carbonyl (C=O) groups is 1. The first-order chi connectivity index (χ1) is 14.7. The third kappa shape index (κ3) is 6.63. The van der Waals surface area contributed by atoms with Crippen molar-refractivity contribution in [1.82, 2.24) is 9.62 Å². The Balaban J connectivity index is 1.92. The maximum atomic E-state index is 12.5. The van der Waals surface area contributed by atoms with Gasteiger partial charge in [0.15, 0.2) is 11.5 Å². The summed E-state index contributed by atoms with van der Waals surface area (Å²) in [6.07, 6.45) is 0.307. The molecule has 0 fully saturated rings. The van der Waals surface area contributed by atoms with Crippen molar-refractivity contribution in [2.75, 3.05) is 27.2 Å². The lowest BCUT2D eigenvalue weighted by Crippen LogP contribution is -2.39. The molecule has 0 saturated heterocycles. The molecule has 11 heteroatoms. The van der Waals surface area contributed by atoms with Crippen LogP contribution in [0.3, 0.4) is 0 Å². The van der Waals surface area contributed by atoms with Crippen LogP contribution in [-0.4, -0.2) is 52.5 Å². The SMILES string of the molecule is COc1ccc(CCNC(=O)CN(C)S(=O)(=O)c2ccc(C#N)cc2)cc1OC(F)F. The van der Waals surface area contributed by atoms with Gasteiger partial charge in [0.05, 0.1) is 30.2 Å². The highest BCUT2D eigenvalue weighted by Crippen LogP contribution is 2.29. The normalized spacial score (nSPS) is 11.3. The van der Waals surface area contributed by atoms with Crippen molar-refractivity contribution in [2.45, 2.75) is 17.9 Å². The number of methoxy groups -OCH3 is 1. The number of ether oxygens (including phenoxy) is 2. The molecule has 31 heavy (non-hydrogen) atoms. The van der Waals surface area contributed by atoms with Crippen molar-refractivity contribution in [3.8, 4) is 17.6 Å². The van der Waals surface area contributed by atoms with Crippen LogP contribution in [0.4, 0.5) is 8.78 Å². The van der Waals surface area contributed by atoms with Gasteiger partial charge in [-0.2, -0.15) is 18.3 Å². The summed E-state index contributed by atoms with van der Waals surface area (Å²) in [7, 11) is -1.30. The van der Waals surface area contributed by atoms with E-state index in [1.165, 1.54) is 50.6 Å². The second-order valence-corrected chi connectivity index (χ2v) is 8.41. The van der Waals surface area contributed by atoms with E-state index in [2.05, 4.69) is 10.1 Å². The second-order valence-electron chi connectivity index (χ2n) is 6.36. The quantitative estimate of drug-likeness (QED) is 0.591. The van der Waals surface area contributed by atoms with Crippen LogP contribution in [0.25, 0.3) is 0 Å². The average molecular weight is 453 g/mol. The molecule has 2 rings (SSSR count). The first-order valence-electron chi connectivity index (χ1n) is 9.02. The van der Waals surface area contributed by atoms with Gasteiger partial charge in [-0.05, 0) is 48.4 Å². The van der Waals surface area contributed by atoms with Crippen LogP contribution in [0, 0.1) is 11.3 Å². The van der Waals surface area contributed by atoms with Crippen molar-refractivity contribution in [3.05, 3.63) is 53.6 Å². The lowest BCUT2D eigenvalue weighted by atomic mass is 10.1. The second kappa shape index (κ2) is 10.7. The Kier molecular flexibility index (Phi) is 8.30. The molecule has 0 spiro atoms. The van der Waals surface area contributed by atoms with E-state index in [1.807, 2.05) is 6.07 Å². The van der Waals surface area contributed by atoms with Crippen molar-refractivity contribution < 1.29 is 31.5 Å². The fourth-order valence-electron chi connectivity index (χ4n) is 2.64. The molecule has 0 saturated carbocycles. The van der Waals surface area contributed by atoms with Gasteiger partial charge in [0.2, 0.25) is 15.9 Å². The molecule has 0 bridgehead atoms. The number of nitriles is 1. The zero-order valence-corrected chi connectivity index (χ0v) is 17.7. The number of rotatable bonds is 10. The zero-order chi connectivity index (χ0) is 23.0. The summed E-state index contributed by atoms with van der Waals surface area (Å²) in [5.74, 6) is -0.491. The number of nitrogens with one attached hydrogen (secondary N) is 1. The van der Waals surface area contributed by atoms with Gasteiger partial charge >= 0.3 is 6.61 Å². The number of hydrogen-bond donors (Lipinski definition) is 1. The van der Waals surface area contributed by atoms with Gasteiger partial charge in [0.1, 0.15) is 0 Å². The molecule has 0 unspecified atom stereocenters. The van der Waals surface area contributed by atoms with E-state index in [0.29, 0.717) is 17.5 Å². The topological polar surface area (TPSA) is 109 Å². The van der Waals surface area contributed by atoms with Gasteiger partial charge in [-0.3, -0.25) is 4.79 Å². The molecular formula is C20H21F2N3O5S. The number of benzene rings is 2. The van der Waals surface area contributed by atoms with Crippen molar-refractivity contribution in [3.63, 3.8) is 0 Å². The predicted molar refractivity (Wildman–Crippen MR) is 107 cm³/mol. The molecule has 1 amide bonds. The lowest BCUT2D eigenvalue weighted by molar-refractivity contribution is -0.121. The maximum absolute atomic E-state index is 12.5. The first kappa shape index (κ1) is 24.0. The van der Waals surface area contributed by atoms with Crippen LogP contribution < -0.4 is 14.8 Å². The van der Waals surface area contributed by atoms with Crippen molar-refractivity contribution >= 4 is 15.9 Å². The third-order valence-corrected chi connectivity index (χ3v) is 6.06. The number of alkyl halides is 2. The molecule has 0 heterocycles. The Hall–Kier alpha value is -3.23. The number of hydrogen-bond acceptors (Lipinski definition) is 6. The summed E-state index contributed by atoms with van der Waals surface area (Å²) in [5, 5.41) is 11.4. The van der Waals surface area contributed by atoms with Crippen LogP contribution in [0.2, 0.25) is 0 Å². The minimum absolute atomic E-state index is 0.0356. The molecule has 166 valence electrons. The highest BCUT2D eigenvalue weighted by Gasteiger charge is 2.22. The zero-order valence-electron chi connectivity index (χ0n) is 16.8. The predicted octanol–water partition coefficient (Wildman–Crippen LogP) is 2.15. The van der Waals surface area contributed by atoms with Crippen LogP contribution in [0.1, 0.15) is 11.1 Å². The number of sulfonamides is 1. The number of carbonyl (C=O) groups excluding carboxylic acids is 1. The van der Waals surface area contributed by atoms with E-state index >= 15 is 0 Å². The van der Waals surface area contributed by atoms with Gasteiger partial charge in [-0.15, -0.1) is 0 Å². The molecule has 1 N–H and O–H groups in total. The van der Waals surface area contributed by atoms with E-state index < -0.39 is 29.1 Å². The van der Waals surface area contributed by atoms with E-state index in [1.54, 1.807) is 6.07 Å². The summed E-state index contributed by atoms with van der Waals surface area (Å²) in [6, 6.07) is 11.8. The highest BCUT2D eigenvalue weighted by atomic mass is 32.2. The van der Waals surface area contributed by atoms with Crippen LogP contribution in [-0.2, 0) is 21.2 Å². The molecule has 0 aliphatic carbocycles. The number of likely N-dealkylation sites (N-methyl/N-ethyl adjacent to an activating group) is 1. The summed E-state index contributed by atoms with van der Waals surface area (Å²) >= 11 is 0. The molecule has 2 aromatic rings. The summed E-state index contributed by atoms with van der Waals surface area (Å²) < 4.78 is 60.3. The Morgan fingerprint density at radius 2 is 1.87 bits per heavy atom. The average Bonchev–Trinajstić information content (AvgIpc) is 2.73. The molecule has 8 nitrogen and oxygen atoms in total. The van der Waals surface area contributed by atoms with Gasteiger partial charge < -0.3 is 14.8 Å².